The maximum absolute atomic E-state index is 12.6. The third-order valence-electron chi connectivity index (χ3n) is 3.91. The number of benzene rings is 1. The fraction of sp³-hybridized carbons (Fsp3) is 0.562. The summed E-state index contributed by atoms with van der Waals surface area (Å²) in [5.41, 5.74) is 2.13. The lowest BCUT2D eigenvalue weighted by molar-refractivity contribution is -0.384. The third-order valence-corrected chi connectivity index (χ3v) is 5.79. The normalized spacial score (nSPS) is 11.5. The van der Waals surface area contributed by atoms with Gasteiger partial charge in [-0.1, -0.05) is 31.9 Å². The summed E-state index contributed by atoms with van der Waals surface area (Å²) >= 11 is 0. The number of carbonyl (C=O) groups is 1. The minimum absolute atomic E-state index is 0.00129. The van der Waals surface area contributed by atoms with Crippen LogP contribution in [0.4, 0.5) is 5.69 Å². The highest BCUT2D eigenvalue weighted by Crippen LogP contribution is 2.14. The molecule has 0 bridgehead atoms. The Labute approximate surface area is 153 Å². The summed E-state index contributed by atoms with van der Waals surface area (Å²) in [7, 11) is -3.59. The van der Waals surface area contributed by atoms with Crippen LogP contribution in [-0.4, -0.2) is 47.6 Å². The molecule has 0 atom stereocenters. The van der Waals surface area contributed by atoms with E-state index in [9.17, 15) is 23.3 Å². The van der Waals surface area contributed by atoms with Crippen molar-refractivity contribution in [1.82, 2.24) is 9.79 Å². The molecule has 146 valence electrons. The van der Waals surface area contributed by atoms with Crippen molar-refractivity contribution in [2.45, 2.75) is 39.0 Å². The molecule has 1 amide bonds. The summed E-state index contributed by atoms with van der Waals surface area (Å²) in [5.74, 6) is -0.798. The maximum atomic E-state index is 12.6. The second kappa shape index (κ2) is 10.8. The van der Waals surface area contributed by atoms with Crippen LogP contribution in [0.5, 0.6) is 0 Å². The number of hydroxylamine groups is 1. The molecule has 0 spiro atoms. The lowest BCUT2D eigenvalue weighted by Crippen LogP contribution is -2.37. The first-order valence-corrected chi connectivity index (χ1v) is 10.0. The van der Waals surface area contributed by atoms with E-state index in [0.717, 1.165) is 12.8 Å². The van der Waals surface area contributed by atoms with E-state index in [-0.39, 0.29) is 30.8 Å². The van der Waals surface area contributed by atoms with E-state index in [1.165, 1.54) is 34.1 Å². The van der Waals surface area contributed by atoms with Gasteiger partial charge in [-0.3, -0.25) is 20.1 Å². The zero-order valence-electron chi connectivity index (χ0n) is 14.8. The molecule has 26 heavy (non-hydrogen) atoms. The Morgan fingerprint density at radius 2 is 1.88 bits per heavy atom. The standard InChI is InChI=1S/C16H25N3O6S/c1-2-3-4-11-18(12-9-16(20)17-21)26(24,25)13-10-14-5-7-15(8-6-14)19(22)23/h5-8,21H,2-4,9-13H2,1H3,(H,17,20). The number of hydrogen-bond acceptors (Lipinski definition) is 6. The van der Waals surface area contributed by atoms with Crippen LogP contribution >= 0.6 is 0 Å². The molecule has 0 saturated heterocycles. The van der Waals surface area contributed by atoms with Gasteiger partial charge in [0, 0.05) is 31.6 Å². The largest absolute Gasteiger partial charge is 0.289 e. The molecule has 0 aliphatic carbocycles. The quantitative estimate of drug-likeness (QED) is 0.244. The van der Waals surface area contributed by atoms with E-state index >= 15 is 0 Å². The van der Waals surface area contributed by atoms with Crippen molar-refractivity contribution in [2.75, 3.05) is 18.8 Å². The monoisotopic (exact) mass is 387 g/mol. The Kier molecular flexibility index (Phi) is 9.17. The molecule has 0 unspecified atom stereocenters. The van der Waals surface area contributed by atoms with Gasteiger partial charge in [0.1, 0.15) is 0 Å². The molecule has 1 aromatic carbocycles. The highest BCUT2D eigenvalue weighted by Gasteiger charge is 2.22. The van der Waals surface area contributed by atoms with Gasteiger partial charge in [-0.15, -0.1) is 0 Å². The zero-order valence-corrected chi connectivity index (χ0v) is 15.6. The maximum Gasteiger partial charge on any atom is 0.269 e. The van der Waals surface area contributed by atoms with Gasteiger partial charge in [-0.2, -0.15) is 0 Å². The SMILES string of the molecule is CCCCCN(CCC(=O)NO)S(=O)(=O)CCc1ccc([N+](=O)[O-])cc1. The summed E-state index contributed by atoms with van der Waals surface area (Å²) in [6.07, 6.45) is 2.60. The number of nitrogens with zero attached hydrogens (tertiary/aromatic N) is 2. The number of unbranched alkanes of at least 4 members (excludes halogenated alkanes) is 2. The number of hydrogen-bond donors (Lipinski definition) is 2. The number of aryl methyl sites for hydroxylation is 1. The lowest BCUT2D eigenvalue weighted by Gasteiger charge is -2.22. The zero-order chi connectivity index (χ0) is 19.6. The number of carbonyl (C=O) groups excluding carboxylic acids is 1. The molecule has 0 aliphatic heterocycles. The Morgan fingerprint density at radius 3 is 2.42 bits per heavy atom. The molecular weight excluding hydrogens is 362 g/mol. The van der Waals surface area contributed by atoms with Crippen LogP contribution in [0.3, 0.4) is 0 Å². The van der Waals surface area contributed by atoms with Gasteiger partial charge < -0.3 is 0 Å². The molecule has 0 fully saturated rings. The molecule has 0 heterocycles. The van der Waals surface area contributed by atoms with Gasteiger partial charge in [-0.25, -0.2) is 18.2 Å². The van der Waals surface area contributed by atoms with Gasteiger partial charge in [-0.05, 0) is 18.4 Å². The van der Waals surface area contributed by atoms with Gasteiger partial charge >= 0.3 is 0 Å². The third kappa shape index (κ3) is 7.46. The van der Waals surface area contributed by atoms with E-state index in [0.29, 0.717) is 18.5 Å². The summed E-state index contributed by atoms with van der Waals surface area (Å²) in [4.78, 5) is 21.3. The second-order valence-electron chi connectivity index (χ2n) is 5.88. The fourth-order valence-corrected chi connectivity index (χ4v) is 3.90. The van der Waals surface area contributed by atoms with Crippen molar-refractivity contribution in [3.63, 3.8) is 0 Å². The number of amides is 1. The predicted octanol–water partition coefficient (Wildman–Crippen LogP) is 1.85. The Hall–Kier alpha value is -2.04. The number of rotatable bonds is 12. The van der Waals surface area contributed by atoms with Crippen LogP contribution in [0.1, 0.15) is 38.2 Å². The highest BCUT2D eigenvalue weighted by molar-refractivity contribution is 7.89. The topological polar surface area (TPSA) is 130 Å². The fourth-order valence-electron chi connectivity index (χ4n) is 2.37. The van der Waals surface area contributed by atoms with E-state index < -0.39 is 20.9 Å². The summed E-state index contributed by atoms with van der Waals surface area (Å²) < 4.78 is 26.5. The minimum Gasteiger partial charge on any atom is -0.289 e. The van der Waals surface area contributed by atoms with Gasteiger partial charge in [0.15, 0.2) is 0 Å². The molecule has 1 rings (SSSR count). The van der Waals surface area contributed by atoms with Crippen LogP contribution in [0.15, 0.2) is 24.3 Å². The van der Waals surface area contributed by atoms with E-state index in [1.54, 1.807) is 0 Å². The number of nitro groups is 1. The average molecular weight is 387 g/mol. The van der Waals surface area contributed by atoms with Crippen LogP contribution in [0, 0.1) is 10.1 Å². The van der Waals surface area contributed by atoms with E-state index in [1.807, 2.05) is 6.92 Å². The van der Waals surface area contributed by atoms with Crippen molar-refractivity contribution in [3.8, 4) is 0 Å². The minimum atomic E-state index is -3.59. The molecule has 0 saturated carbocycles. The van der Waals surface area contributed by atoms with Crippen LogP contribution in [-0.2, 0) is 21.2 Å². The molecule has 0 radical (unpaired) electrons. The van der Waals surface area contributed by atoms with Gasteiger partial charge in [0.2, 0.25) is 15.9 Å². The van der Waals surface area contributed by atoms with Crippen LogP contribution < -0.4 is 5.48 Å². The highest BCUT2D eigenvalue weighted by atomic mass is 32.2. The van der Waals surface area contributed by atoms with Crippen LogP contribution in [0.2, 0.25) is 0 Å². The molecule has 2 N–H and O–H groups in total. The van der Waals surface area contributed by atoms with E-state index in [2.05, 4.69) is 0 Å². The molecule has 9 nitrogen and oxygen atoms in total. The summed E-state index contributed by atoms with van der Waals surface area (Å²) in [5, 5.41) is 19.2. The first-order chi connectivity index (χ1) is 12.3. The first-order valence-electron chi connectivity index (χ1n) is 8.44. The number of non-ortho nitro benzene ring substituents is 1. The number of sulfonamides is 1. The van der Waals surface area contributed by atoms with E-state index in [4.69, 9.17) is 5.21 Å². The van der Waals surface area contributed by atoms with Gasteiger partial charge in [0.05, 0.1) is 10.7 Å². The molecular formula is C16H25N3O6S. The first kappa shape index (κ1) is 22.0. The van der Waals surface area contributed by atoms with Crippen molar-refractivity contribution in [1.29, 1.82) is 0 Å². The predicted molar refractivity (Wildman–Crippen MR) is 96.2 cm³/mol. The molecule has 10 heteroatoms. The Morgan fingerprint density at radius 1 is 1.23 bits per heavy atom. The average Bonchev–Trinajstić information content (AvgIpc) is 2.62. The van der Waals surface area contributed by atoms with Crippen molar-refractivity contribution < 1.29 is 23.3 Å². The molecule has 0 aliphatic rings. The lowest BCUT2D eigenvalue weighted by atomic mass is 10.1. The van der Waals surface area contributed by atoms with Gasteiger partial charge in [0.25, 0.3) is 5.69 Å². The smallest absolute Gasteiger partial charge is 0.269 e. The molecule has 0 aromatic heterocycles. The Balaban J connectivity index is 2.72. The van der Waals surface area contributed by atoms with Crippen LogP contribution in [0.25, 0.3) is 0 Å². The van der Waals surface area contributed by atoms with Crippen molar-refractivity contribution in [2.24, 2.45) is 0 Å². The number of nitro benzene ring substituents is 1. The van der Waals surface area contributed by atoms with Crippen molar-refractivity contribution in [3.05, 3.63) is 39.9 Å². The Bertz CT molecular complexity index is 690. The van der Waals surface area contributed by atoms with Crippen molar-refractivity contribution >= 4 is 21.6 Å². The second-order valence-corrected chi connectivity index (χ2v) is 7.97. The summed E-state index contributed by atoms with van der Waals surface area (Å²) in [6, 6.07) is 5.75. The number of nitrogens with one attached hydrogen (secondary N) is 1. The summed E-state index contributed by atoms with van der Waals surface area (Å²) in [6.45, 7) is 2.32. The molecule has 1 aromatic rings.